The van der Waals surface area contributed by atoms with Crippen molar-refractivity contribution >= 4 is 21.6 Å². The first-order valence-corrected chi connectivity index (χ1v) is 11.7. The van der Waals surface area contributed by atoms with Crippen molar-refractivity contribution in [1.82, 2.24) is 9.21 Å². The number of nitrogens with one attached hydrogen (secondary N) is 1. The Balaban J connectivity index is 1.40. The third-order valence-corrected chi connectivity index (χ3v) is 7.45. The molecule has 2 aromatic rings. The van der Waals surface area contributed by atoms with E-state index in [4.69, 9.17) is 9.15 Å². The van der Waals surface area contributed by atoms with Crippen molar-refractivity contribution in [2.24, 2.45) is 0 Å². The molecule has 30 heavy (non-hydrogen) atoms. The van der Waals surface area contributed by atoms with Crippen LogP contribution in [0, 0.1) is 0 Å². The fraction of sp³-hybridized carbons (Fsp3) is 0.476. The minimum absolute atomic E-state index is 0.0159. The SMILES string of the molecule is COc1ccc(NC(=O)[C@@H]2CCCN2Cc2ccc(S(=O)(=O)N3CCCC3)o2)cc1. The van der Waals surface area contributed by atoms with E-state index >= 15 is 0 Å². The van der Waals surface area contributed by atoms with Crippen LogP contribution in [0.25, 0.3) is 0 Å². The van der Waals surface area contributed by atoms with Gasteiger partial charge in [0, 0.05) is 18.8 Å². The summed E-state index contributed by atoms with van der Waals surface area (Å²) < 4.78 is 37.6. The number of furan rings is 1. The second-order valence-corrected chi connectivity index (χ2v) is 9.55. The van der Waals surface area contributed by atoms with Crippen molar-refractivity contribution in [2.45, 2.75) is 43.4 Å². The van der Waals surface area contributed by atoms with Gasteiger partial charge in [-0.15, -0.1) is 0 Å². The molecule has 162 valence electrons. The molecule has 1 aromatic carbocycles. The topological polar surface area (TPSA) is 92.1 Å². The molecule has 2 saturated heterocycles. The van der Waals surface area contributed by atoms with Crippen LogP contribution in [0.1, 0.15) is 31.4 Å². The first kappa shape index (κ1) is 20.9. The Hall–Kier alpha value is -2.36. The molecule has 0 bridgehead atoms. The van der Waals surface area contributed by atoms with Gasteiger partial charge in [0.15, 0.2) is 0 Å². The third-order valence-electron chi connectivity index (χ3n) is 5.68. The molecule has 4 rings (SSSR count). The van der Waals surface area contributed by atoms with Gasteiger partial charge in [0.25, 0.3) is 10.0 Å². The average molecular weight is 434 g/mol. The molecule has 1 amide bonds. The molecule has 1 aromatic heterocycles. The highest BCUT2D eigenvalue weighted by molar-refractivity contribution is 7.89. The molecule has 0 unspecified atom stereocenters. The van der Waals surface area contributed by atoms with Gasteiger partial charge in [0.1, 0.15) is 11.5 Å². The van der Waals surface area contributed by atoms with Crippen LogP contribution in [0.4, 0.5) is 5.69 Å². The summed E-state index contributed by atoms with van der Waals surface area (Å²) in [7, 11) is -1.97. The number of sulfonamides is 1. The van der Waals surface area contributed by atoms with Gasteiger partial charge in [-0.3, -0.25) is 9.69 Å². The van der Waals surface area contributed by atoms with Gasteiger partial charge in [0.05, 0.1) is 19.7 Å². The average Bonchev–Trinajstić information content (AvgIpc) is 3.51. The number of rotatable bonds is 7. The number of anilines is 1. The number of benzene rings is 1. The van der Waals surface area contributed by atoms with E-state index in [1.165, 1.54) is 10.4 Å². The quantitative estimate of drug-likeness (QED) is 0.722. The molecule has 0 aliphatic carbocycles. The number of likely N-dealkylation sites (tertiary alicyclic amines) is 1. The predicted molar refractivity (Wildman–Crippen MR) is 112 cm³/mol. The van der Waals surface area contributed by atoms with Crippen molar-refractivity contribution in [3.8, 4) is 5.75 Å². The lowest BCUT2D eigenvalue weighted by Gasteiger charge is -2.22. The van der Waals surface area contributed by atoms with E-state index < -0.39 is 10.0 Å². The standard InChI is InChI=1S/C21H27N3O5S/c1-28-17-8-6-16(7-9-17)22-21(25)19-5-4-12-23(19)15-18-10-11-20(29-18)30(26,27)24-13-2-3-14-24/h6-11,19H,2-5,12-15H2,1H3,(H,22,25)/t19-/m0/s1. The second kappa shape index (κ2) is 8.79. The summed E-state index contributed by atoms with van der Waals surface area (Å²) in [5.74, 6) is 1.21. The largest absolute Gasteiger partial charge is 0.497 e. The van der Waals surface area contributed by atoms with Crippen LogP contribution in [0.2, 0.25) is 0 Å². The maximum Gasteiger partial charge on any atom is 0.276 e. The lowest BCUT2D eigenvalue weighted by Crippen LogP contribution is -2.39. The number of methoxy groups -OCH3 is 1. The van der Waals surface area contributed by atoms with E-state index in [9.17, 15) is 13.2 Å². The van der Waals surface area contributed by atoms with Crippen LogP contribution in [-0.4, -0.2) is 56.3 Å². The van der Waals surface area contributed by atoms with E-state index in [1.807, 2.05) is 4.90 Å². The maximum atomic E-state index is 12.8. The Morgan fingerprint density at radius 1 is 1.10 bits per heavy atom. The highest BCUT2D eigenvalue weighted by atomic mass is 32.2. The number of amides is 1. The number of hydrogen-bond donors (Lipinski definition) is 1. The summed E-state index contributed by atoms with van der Waals surface area (Å²) >= 11 is 0. The Kier molecular flexibility index (Phi) is 6.12. The molecule has 1 N–H and O–H groups in total. The van der Waals surface area contributed by atoms with Gasteiger partial charge in [0.2, 0.25) is 11.0 Å². The van der Waals surface area contributed by atoms with Crippen LogP contribution < -0.4 is 10.1 Å². The minimum atomic E-state index is -3.57. The van der Waals surface area contributed by atoms with Gasteiger partial charge in [-0.25, -0.2) is 8.42 Å². The molecule has 1 atom stereocenters. The number of carbonyl (C=O) groups is 1. The summed E-state index contributed by atoms with van der Waals surface area (Å²) in [5.41, 5.74) is 0.713. The molecular formula is C21H27N3O5S. The van der Waals surface area contributed by atoms with Crippen LogP contribution in [0.5, 0.6) is 5.75 Å². The summed E-state index contributed by atoms with van der Waals surface area (Å²) in [6.07, 6.45) is 3.42. The maximum absolute atomic E-state index is 12.8. The van der Waals surface area contributed by atoms with Gasteiger partial charge in [-0.2, -0.15) is 4.31 Å². The molecule has 2 fully saturated rings. The molecule has 2 aliphatic heterocycles. The molecule has 0 saturated carbocycles. The lowest BCUT2D eigenvalue weighted by molar-refractivity contribution is -0.120. The molecule has 9 heteroatoms. The fourth-order valence-electron chi connectivity index (χ4n) is 4.05. The van der Waals surface area contributed by atoms with E-state index in [0.29, 0.717) is 31.1 Å². The molecule has 0 radical (unpaired) electrons. The smallest absolute Gasteiger partial charge is 0.276 e. The van der Waals surface area contributed by atoms with Gasteiger partial charge in [-0.05, 0) is 68.6 Å². The number of nitrogens with zero attached hydrogens (tertiary/aromatic N) is 2. The zero-order chi connectivity index (χ0) is 21.1. The highest BCUT2D eigenvalue weighted by Gasteiger charge is 2.33. The van der Waals surface area contributed by atoms with Crippen LogP contribution in [0.3, 0.4) is 0 Å². The fourth-order valence-corrected chi connectivity index (χ4v) is 5.50. The van der Waals surface area contributed by atoms with E-state index in [0.717, 1.165) is 38.0 Å². The monoisotopic (exact) mass is 433 g/mol. The Morgan fingerprint density at radius 2 is 1.83 bits per heavy atom. The van der Waals surface area contributed by atoms with Crippen LogP contribution >= 0.6 is 0 Å². The van der Waals surface area contributed by atoms with Crippen molar-refractivity contribution in [1.29, 1.82) is 0 Å². The first-order valence-electron chi connectivity index (χ1n) is 10.3. The third kappa shape index (κ3) is 4.38. The Labute approximate surface area is 176 Å². The molecule has 8 nitrogen and oxygen atoms in total. The zero-order valence-corrected chi connectivity index (χ0v) is 17.9. The minimum Gasteiger partial charge on any atom is -0.497 e. The van der Waals surface area contributed by atoms with Crippen LogP contribution in [-0.2, 0) is 21.4 Å². The summed E-state index contributed by atoms with van der Waals surface area (Å²) in [5, 5.41) is 2.93. The molecule has 2 aliphatic rings. The predicted octanol–water partition coefficient (Wildman–Crippen LogP) is 2.68. The highest BCUT2D eigenvalue weighted by Crippen LogP contribution is 2.26. The van der Waals surface area contributed by atoms with E-state index in [1.54, 1.807) is 37.4 Å². The summed E-state index contributed by atoms with van der Waals surface area (Å²) in [4.78, 5) is 14.8. The second-order valence-electron chi connectivity index (χ2n) is 7.68. The van der Waals surface area contributed by atoms with Crippen molar-refractivity contribution < 1.29 is 22.4 Å². The zero-order valence-electron chi connectivity index (χ0n) is 17.0. The summed E-state index contributed by atoms with van der Waals surface area (Å²) in [6.45, 7) is 2.24. The van der Waals surface area contributed by atoms with Crippen molar-refractivity contribution in [3.05, 3.63) is 42.2 Å². The molecule has 3 heterocycles. The van der Waals surface area contributed by atoms with Gasteiger partial charge in [-0.1, -0.05) is 0 Å². The molecular weight excluding hydrogens is 406 g/mol. The van der Waals surface area contributed by atoms with Crippen molar-refractivity contribution in [2.75, 3.05) is 32.1 Å². The number of ether oxygens (including phenoxy) is 1. The van der Waals surface area contributed by atoms with E-state index in [2.05, 4.69) is 5.32 Å². The van der Waals surface area contributed by atoms with E-state index in [-0.39, 0.29) is 17.0 Å². The normalized spacial score (nSPS) is 20.5. The van der Waals surface area contributed by atoms with Crippen LogP contribution in [0.15, 0.2) is 45.9 Å². The van der Waals surface area contributed by atoms with Crippen molar-refractivity contribution in [3.63, 3.8) is 0 Å². The first-order chi connectivity index (χ1) is 14.5. The summed E-state index contributed by atoms with van der Waals surface area (Å²) in [6, 6.07) is 10.1. The number of hydrogen-bond acceptors (Lipinski definition) is 6. The number of carbonyl (C=O) groups excluding carboxylic acids is 1. The van der Waals surface area contributed by atoms with Gasteiger partial charge >= 0.3 is 0 Å². The Bertz CT molecular complexity index is 980. The Morgan fingerprint density at radius 3 is 2.53 bits per heavy atom. The lowest BCUT2D eigenvalue weighted by atomic mass is 10.2. The van der Waals surface area contributed by atoms with Gasteiger partial charge < -0.3 is 14.5 Å². The molecule has 0 spiro atoms.